The van der Waals surface area contributed by atoms with Gasteiger partial charge in [0.25, 0.3) is 0 Å². The van der Waals surface area contributed by atoms with Crippen LogP contribution in [0.5, 0.6) is 5.75 Å². The minimum atomic E-state index is -0.246. The highest BCUT2D eigenvalue weighted by Gasteiger charge is 2.10. The van der Waals surface area contributed by atoms with E-state index >= 15 is 0 Å². The van der Waals surface area contributed by atoms with Crippen LogP contribution in [0, 0.1) is 11.3 Å². The fourth-order valence-electron chi connectivity index (χ4n) is 3.09. The van der Waals surface area contributed by atoms with E-state index in [4.69, 9.17) is 10.00 Å². The van der Waals surface area contributed by atoms with Crippen LogP contribution in [0.4, 0.5) is 0 Å². The van der Waals surface area contributed by atoms with Crippen molar-refractivity contribution in [1.29, 1.82) is 5.26 Å². The average molecular weight is 358 g/mol. The van der Waals surface area contributed by atoms with E-state index < -0.39 is 0 Å². The molecule has 0 aliphatic carbocycles. The summed E-state index contributed by atoms with van der Waals surface area (Å²) in [6.45, 7) is 1.07. The van der Waals surface area contributed by atoms with Crippen molar-refractivity contribution in [3.63, 3.8) is 0 Å². The number of hydrogen-bond donors (Lipinski definition) is 1. The molecule has 0 atom stereocenters. The van der Waals surface area contributed by atoms with Gasteiger partial charge < -0.3 is 10.1 Å². The summed E-state index contributed by atoms with van der Waals surface area (Å²) in [7, 11) is 0. The zero-order valence-electron chi connectivity index (χ0n) is 15.2. The fourth-order valence-corrected chi connectivity index (χ4v) is 3.09. The molecule has 0 aliphatic heterocycles. The summed E-state index contributed by atoms with van der Waals surface area (Å²) >= 11 is 0. The van der Waals surface area contributed by atoms with Crippen LogP contribution in [-0.4, -0.2) is 19.1 Å². The molecule has 136 valence electrons. The van der Waals surface area contributed by atoms with Crippen LogP contribution in [0.15, 0.2) is 66.7 Å². The maximum atomic E-state index is 11.5. The second kappa shape index (κ2) is 9.40. The molecule has 27 heavy (non-hydrogen) atoms. The zero-order valence-corrected chi connectivity index (χ0v) is 15.2. The Bertz CT molecular complexity index is 945. The van der Waals surface area contributed by atoms with Crippen molar-refractivity contribution >= 4 is 16.7 Å². The first-order valence-corrected chi connectivity index (χ1v) is 9.09. The smallest absolute Gasteiger partial charge is 0.234 e. The summed E-state index contributed by atoms with van der Waals surface area (Å²) in [5, 5.41) is 13.7. The van der Waals surface area contributed by atoms with Crippen molar-refractivity contribution in [3.8, 4) is 11.8 Å². The molecule has 4 nitrogen and oxygen atoms in total. The van der Waals surface area contributed by atoms with Gasteiger partial charge in [0.15, 0.2) is 0 Å². The summed E-state index contributed by atoms with van der Waals surface area (Å²) in [4.78, 5) is 11.5. The molecule has 0 fully saturated rings. The van der Waals surface area contributed by atoms with Crippen molar-refractivity contribution in [2.24, 2.45) is 0 Å². The van der Waals surface area contributed by atoms with E-state index in [9.17, 15) is 4.79 Å². The highest BCUT2D eigenvalue weighted by Crippen LogP contribution is 2.28. The van der Waals surface area contributed by atoms with Gasteiger partial charge in [-0.25, -0.2) is 0 Å². The third-order valence-corrected chi connectivity index (χ3v) is 4.43. The van der Waals surface area contributed by atoms with E-state index in [-0.39, 0.29) is 12.3 Å². The topological polar surface area (TPSA) is 62.1 Å². The standard InChI is InChI=1S/C23H22N2O2/c24-15-12-23(26)25-16-13-21-20-9-5-4-8-19(20)10-11-22(21)27-17-14-18-6-2-1-3-7-18/h1-11H,12-14,16-17H2,(H,25,26). The Hall–Kier alpha value is -3.32. The van der Waals surface area contributed by atoms with Crippen LogP contribution in [-0.2, 0) is 17.6 Å². The lowest BCUT2D eigenvalue weighted by Gasteiger charge is -2.15. The Balaban J connectivity index is 1.73. The van der Waals surface area contributed by atoms with Gasteiger partial charge in [-0.1, -0.05) is 60.7 Å². The monoisotopic (exact) mass is 358 g/mol. The number of rotatable bonds is 8. The number of carbonyl (C=O) groups excluding carboxylic acids is 1. The fraction of sp³-hybridized carbons (Fsp3) is 0.217. The molecule has 4 heteroatoms. The van der Waals surface area contributed by atoms with Crippen molar-refractivity contribution in [1.82, 2.24) is 5.32 Å². The quantitative estimate of drug-likeness (QED) is 0.661. The molecule has 0 heterocycles. The molecule has 3 aromatic rings. The number of carbonyl (C=O) groups is 1. The minimum absolute atomic E-state index is 0.115. The Morgan fingerprint density at radius 1 is 0.963 bits per heavy atom. The molecule has 3 rings (SSSR count). The van der Waals surface area contributed by atoms with E-state index in [0.717, 1.165) is 28.5 Å². The van der Waals surface area contributed by atoms with Gasteiger partial charge in [0.05, 0.1) is 12.7 Å². The van der Waals surface area contributed by atoms with Crippen molar-refractivity contribution < 1.29 is 9.53 Å². The predicted octanol–water partition coefficient (Wildman–Crippen LogP) is 4.03. The Morgan fingerprint density at radius 3 is 2.56 bits per heavy atom. The van der Waals surface area contributed by atoms with E-state index in [1.165, 1.54) is 5.56 Å². The van der Waals surface area contributed by atoms with E-state index in [0.29, 0.717) is 19.6 Å². The van der Waals surface area contributed by atoms with E-state index in [2.05, 4.69) is 35.6 Å². The first-order chi connectivity index (χ1) is 13.3. The first kappa shape index (κ1) is 18.5. The van der Waals surface area contributed by atoms with Crippen molar-refractivity contribution in [2.45, 2.75) is 19.3 Å². The Morgan fingerprint density at radius 2 is 1.74 bits per heavy atom. The van der Waals surface area contributed by atoms with Gasteiger partial charge in [-0.2, -0.15) is 5.26 Å². The number of amides is 1. The SMILES string of the molecule is N#CCC(=O)NCCc1c(OCCc2ccccc2)ccc2ccccc12. The van der Waals surface area contributed by atoms with Crippen LogP contribution in [0.25, 0.3) is 10.8 Å². The molecule has 1 amide bonds. The van der Waals surface area contributed by atoms with Crippen molar-refractivity contribution in [2.75, 3.05) is 13.2 Å². The lowest BCUT2D eigenvalue weighted by atomic mass is 10.0. The van der Waals surface area contributed by atoms with E-state index in [1.54, 1.807) is 0 Å². The van der Waals surface area contributed by atoms with Gasteiger partial charge in [0.2, 0.25) is 5.91 Å². The molecule has 1 N–H and O–H groups in total. The molecule has 0 spiro atoms. The van der Waals surface area contributed by atoms with Crippen LogP contribution in [0.2, 0.25) is 0 Å². The number of benzene rings is 3. The molecule has 0 bridgehead atoms. The lowest BCUT2D eigenvalue weighted by molar-refractivity contribution is -0.120. The molecule has 0 radical (unpaired) electrons. The summed E-state index contributed by atoms with van der Waals surface area (Å²) < 4.78 is 6.09. The van der Waals surface area contributed by atoms with Gasteiger partial charge >= 0.3 is 0 Å². The van der Waals surface area contributed by atoms with Crippen LogP contribution >= 0.6 is 0 Å². The van der Waals surface area contributed by atoms with Gasteiger partial charge in [0.1, 0.15) is 12.2 Å². The Labute approximate surface area is 159 Å². The molecule has 0 unspecified atom stereocenters. The second-order valence-corrected chi connectivity index (χ2v) is 6.28. The maximum Gasteiger partial charge on any atom is 0.234 e. The summed E-state index contributed by atoms with van der Waals surface area (Å²) in [5.41, 5.74) is 2.32. The molecule has 3 aromatic carbocycles. The zero-order chi connectivity index (χ0) is 18.9. The highest BCUT2D eigenvalue weighted by molar-refractivity contribution is 5.88. The predicted molar refractivity (Wildman–Crippen MR) is 107 cm³/mol. The maximum absolute atomic E-state index is 11.5. The average Bonchev–Trinajstić information content (AvgIpc) is 2.70. The molecular weight excluding hydrogens is 336 g/mol. The van der Waals surface area contributed by atoms with Crippen molar-refractivity contribution in [3.05, 3.63) is 77.9 Å². The molecule has 0 aliphatic rings. The van der Waals surface area contributed by atoms with E-state index in [1.807, 2.05) is 42.5 Å². The number of hydrogen-bond acceptors (Lipinski definition) is 3. The summed E-state index contributed by atoms with van der Waals surface area (Å²) in [6.07, 6.45) is 1.38. The van der Waals surface area contributed by atoms with Gasteiger partial charge in [-0.05, 0) is 28.8 Å². The first-order valence-electron chi connectivity index (χ1n) is 9.09. The van der Waals surface area contributed by atoms with Crippen LogP contribution in [0.3, 0.4) is 0 Å². The number of nitrogens with one attached hydrogen (secondary N) is 1. The number of nitrogens with zero attached hydrogens (tertiary/aromatic N) is 1. The normalized spacial score (nSPS) is 10.3. The van der Waals surface area contributed by atoms with Gasteiger partial charge in [0, 0.05) is 18.5 Å². The third kappa shape index (κ3) is 5.08. The van der Waals surface area contributed by atoms with Crippen LogP contribution in [0.1, 0.15) is 17.5 Å². The molecular formula is C23H22N2O2. The largest absolute Gasteiger partial charge is 0.493 e. The van der Waals surface area contributed by atoms with Crippen LogP contribution < -0.4 is 10.1 Å². The van der Waals surface area contributed by atoms with Gasteiger partial charge in [-0.15, -0.1) is 0 Å². The second-order valence-electron chi connectivity index (χ2n) is 6.28. The summed E-state index contributed by atoms with van der Waals surface area (Å²) in [5.74, 6) is 0.600. The Kier molecular flexibility index (Phi) is 6.43. The van der Waals surface area contributed by atoms with Gasteiger partial charge in [-0.3, -0.25) is 4.79 Å². The number of fused-ring (bicyclic) bond motifs is 1. The number of nitriles is 1. The summed E-state index contributed by atoms with van der Waals surface area (Å²) in [6, 6.07) is 24.3. The third-order valence-electron chi connectivity index (χ3n) is 4.43. The lowest BCUT2D eigenvalue weighted by Crippen LogP contribution is -2.25. The molecule has 0 saturated carbocycles. The minimum Gasteiger partial charge on any atom is -0.493 e. The molecule has 0 aromatic heterocycles. The number of ether oxygens (including phenoxy) is 1. The molecule has 0 saturated heterocycles. The highest BCUT2D eigenvalue weighted by atomic mass is 16.5.